The molecule has 0 radical (unpaired) electrons. The average Bonchev–Trinajstić information content (AvgIpc) is 3.44. The van der Waals surface area contributed by atoms with Crippen LogP contribution in [0.15, 0.2) is 115 Å². The van der Waals surface area contributed by atoms with Gasteiger partial charge in [0.15, 0.2) is 11.3 Å². The Morgan fingerprint density at radius 1 is 0.790 bits per heavy atom. The molecule has 1 aliphatic heterocycles. The standard InChI is InChI=1S/C46H43F6N3O7/c1-5-12-32-23-33(44(45(47,48)49,46(50,51)52)60-28-31-15-10-7-11-16-31)17-21-38(32)62-34-18-20-36(39(24-34)59-27-30-13-8-6-9-14-30)37(56)26-55-41(57)43(4,54-42(55)58)40-22-19-35(25-53-40)61-29(2)3/h6-11,13-25,29H,5,12,26-28H2,1-4H3,(H,54,58)/t43-/m0/s1. The summed E-state index contributed by atoms with van der Waals surface area (Å²) in [5, 5.41) is 2.62. The molecule has 62 heavy (non-hydrogen) atoms. The van der Waals surface area contributed by atoms with E-state index in [0.717, 1.165) is 17.0 Å². The number of rotatable bonds is 17. The van der Waals surface area contributed by atoms with Gasteiger partial charge in [0, 0.05) is 11.6 Å². The molecular weight excluding hydrogens is 821 g/mol. The number of benzene rings is 4. The van der Waals surface area contributed by atoms with E-state index < -0.39 is 59.9 Å². The number of carbonyl (C=O) groups is 3. The van der Waals surface area contributed by atoms with Crippen molar-refractivity contribution in [2.24, 2.45) is 0 Å². The van der Waals surface area contributed by atoms with Gasteiger partial charge in [0.2, 0.25) is 0 Å². The number of imide groups is 1. The van der Waals surface area contributed by atoms with Crippen molar-refractivity contribution in [3.63, 3.8) is 0 Å². The fourth-order valence-electron chi connectivity index (χ4n) is 6.90. The van der Waals surface area contributed by atoms with Crippen LogP contribution in [0.5, 0.6) is 23.0 Å². The van der Waals surface area contributed by atoms with E-state index in [1.54, 1.807) is 49.4 Å². The predicted octanol–water partition coefficient (Wildman–Crippen LogP) is 10.4. The zero-order valence-corrected chi connectivity index (χ0v) is 34.1. The second-order valence-electron chi connectivity index (χ2n) is 15.0. The van der Waals surface area contributed by atoms with Crippen LogP contribution in [-0.4, -0.2) is 52.6 Å². The van der Waals surface area contributed by atoms with E-state index in [-0.39, 0.29) is 58.8 Å². The number of carbonyl (C=O) groups excluding carboxylic acids is 3. The fourth-order valence-corrected chi connectivity index (χ4v) is 6.90. The third kappa shape index (κ3) is 9.54. The Kier molecular flexibility index (Phi) is 13.3. The Hall–Kier alpha value is -6.42. The number of nitrogens with one attached hydrogen (secondary N) is 1. The first-order valence-corrected chi connectivity index (χ1v) is 19.6. The number of hydrogen-bond acceptors (Lipinski definition) is 8. The maximum Gasteiger partial charge on any atom is 0.430 e. The third-order valence-corrected chi connectivity index (χ3v) is 10.00. The molecule has 326 valence electrons. The molecule has 4 aromatic carbocycles. The lowest BCUT2D eigenvalue weighted by Crippen LogP contribution is -2.55. The van der Waals surface area contributed by atoms with Gasteiger partial charge in [0.05, 0.1) is 36.7 Å². The maximum absolute atomic E-state index is 14.7. The molecule has 0 bridgehead atoms. The van der Waals surface area contributed by atoms with E-state index in [0.29, 0.717) is 23.8 Å². The highest BCUT2D eigenvalue weighted by molar-refractivity contribution is 6.11. The van der Waals surface area contributed by atoms with Crippen molar-refractivity contribution < 1.29 is 59.7 Å². The van der Waals surface area contributed by atoms with E-state index in [4.69, 9.17) is 18.9 Å². The van der Waals surface area contributed by atoms with Gasteiger partial charge in [-0.15, -0.1) is 0 Å². The molecule has 3 amide bonds. The molecule has 1 aliphatic rings. The summed E-state index contributed by atoms with van der Waals surface area (Å²) in [7, 11) is 0. The molecule has 0 spiro atoms. The van der Waals surface area contributed by atoms with Crippen molar-refractivity contribution in [3.05, 3.63) is 149 Å². The van der Waals surface area contributed by atoms with Crippen molar-refractivity contribution in [2.45, 2.75) is 83.3 Å². The van der Waals surface area contributed by atoms with Gasteiger partial charge in [0.1, 0.15) is 29.6 Å². The minimum atomic E-state index is -5.91. The molecule has 5 aromatic rings. The first-order valence-electron chi connectivity index (χ1n) is 19.6. The van der Waals surface area contributed by atoms with Crippen LogP contribution < -0.4 is 19.5 Å². The van der Waals surface area contributed by atoms with Crippen molar-refractivity contribution in [2.75, 3.05) is 6.54 Å². The summed E-state index contributed by atoms with van der Waals surface area (Å²) in [4.78, 5) is 46.0. The van der Waals surface area contributed by atoms with Crippen molar-refractivity contribution >= 4 is 17.7 Å². The molecule has 1 atom stereocenters. The molecule has 6 rings (SSSR count). The quantitative estimate of drug-likeness (QED) is 0.0558. The van der Waals surface area contributed by atoms with E-state index in [9.17, 15) is 40.7 Å². The van der Waals surface area contributed by atoms with Crippen LogP contribution in [0.1, 0.15) is 72.4 Å². The number of ether oxygens (including phenoxy) is 4. The molecule has 1 saturated heterocycles. The van der Waals surface area contributed by atoms with Gasteiger partial charge in [-0.05, 0) is 80.3 Å². The van der Waals surface area contributed by atoms with E-state index in [2.05, 4.69) is 10.3 Å². The van der Waals surface area contributed by atoms with Crippen LogP contribution in [-0.2, 0) is 40.3 Å². The monoisotopic (exact) mass is 863 g/mol. The molecule has 2 heterocycles. The highest BCUT2D eigenvalue weighted by Crippen LogP contribution is 2.54. The third-order valence-electron chi connectivity index (χ3n) is 10.00. The minimum Gasteiger partial charge on any atom is -0.489 e. The summed E-state index contributed by atoms with van der Waals surface area (Å²) in [6.45, 7) is 5.14. The summed E-state index contributed by atoms with van der Waals surface area (Å²) in [6.07, 6.45) is -10.2. The molecule has 1 fully saturated rings. The minimum absolute atomic E-state index is 0.0199. The van der Waals surface area contributed by atoms with Gasteiger partial charge in [-0.3, -0.25) is 19.5 Å². The number of aryl methyl sites for hydroxylation is 1. The SMILES string of the molecule is CCCc1cc(C(OCc2ccccc2)(C(F)(F)F)C(F)(F)F)ccc1Oc1ccc(C(=O)CN2C(=O)N[C@@](C)(c3ccc(OC(C)C)cn3)C2=O)c(OCc2ccccc2)c1. The molecule has 16 heteroatoms. The molecular formula is C46H43F6N3O7. The molecule has 1 N–H and O–H groups in total. The Balaban J connectivity index is 1.30. The number of hydrogen-bond donors (Lipinski definition) is 1. The number of amides is 3. The Morgan fingerprint density at radius 3 is 2.00 bits per heavy atom. The van der Waals surface area contributed by atoms with E-state index in [1.807, 2.05) is 13.8 Å². The van der Waals surface area contributed by atoms with Gasteiger partial charge in [0.25, 0.3) is 11.5 Å². The molecule has 0 saturated carbocycles. The first-order chi connectivity index (χ1) is 29.4. The van der Waals surface area contributed by atoms with E-state index in [1.165, 1.54) is 61.7 Å². The predicted molar refractivity (Wildman–Crippen MR) is 215 cm³/mol. The number of Topliss-reactive ketones (excluding diaryl/α,β-unsaturated/α-hetero) is 1. The largest absolute Gasteiger partial charge is 0.489 e. The number of urea groups is 1. The summed E-state index contributed by atoms with van der Waals surface area (Å²) < 4.78 is 111. The van der Waals surface area contributed by atoms with Gasteiger partial charge in [-0.2, -0.15) is 26.3 Å². The number of alkyl halides is 6. The zero-order valence-electron chi connectivity index (χ0n) is 34.1. The Bertz CT molecular complexity index is 2360. The lowest BCUT2D eigenvalue weighted by molar-refractivity contribution is -0.392. The van der Waals surface area contributed by atoms with Gasteiger partial charge >= 0.3 is 18.4 Å². The van der Waals surface area contributed by atoms with Gasteiger partial charge in [-0.1, -0.05) is 80.1 Å². The molecule has 0 unspecified atom stereocenters. The number of aromatic nitrogens is 1. The van der Waals surface area contributed by atoms with Crippen LogP contribution >= 0.6 is 0 Å². The highest BCUT2D eigenvalue weighted by Gasteiger charge is 2.73. The van der Waals surface area contributed by atoms with Gasteiger partial charge < -0.3 is 24.3 Å². The van der Waals surface area contributed by atoms with Crippen LogP contribution in [0, 0.1) is 0 Å². The fraction of sp³-hybridized carbons (Fsp3) is 0.304. The number of halogens is 6. The average molecular weight is 864 g/mol. The molecule has 10 nitrogen and oxygen atoms in total. The summed E-state index contributed by atoms with van der Waals surface area (Å²) in [5.74, 6) is -1.04. The number of nitrogens with zero attached hydrogens (tertiary/aromatic N) is 2. The first kappa shape index (κ1) is 45.1. The summed E-state index contributed by atoms with van der Waals surface area (Å²) >= 11 is 0. The Morgan fingerprint density at radius 2 is 1.42 bits per heavy atom. The van der Waals surface area contributed by atoms with Gasteiger partial charge in [-0.25, -0.2) is 4.79 Å². The number of pyridine rings is 1. The number of ketones is 1. The smallest absolute Gasteiger partial charge is 0.430 e. The lowest BCUT2D eigenvalue weighted by Gasteiger charge is -2.37. The summed E-state index contributed by atoms with van der Waals surface area (Å²) in [5.41, 5.74) is -6.44. The highest BCUT2D eigenvalue weighted by atomic mass is 19.4. The van der Waals surface area contributed by atoms with Crippen LogP contribution in [0.2, 0.25) is 0 Å². The zero-order chi connectivity index (χ0) is 44.9. The topological polar surface area (TPSA) is 116 Å². The second kappa shape index (κ2) is 18.3. The van der Waals surface area contributed by atoms with E-state index >= 15 is 0 Å². The van der Waals surface area contributed by atoms with Crippen LogP contribution in [0.25, 0.3) is 0 Å². The normalized spacial score (nSPS) is 15.8. The van der Waals surface area contributed by atoms with Crippen molar-refractivity contribution in [1.82, 2.24) is 15.2 Å². The summed E-state index contributed by atoms with van der Waals surface area (Å²) in [6, 6.07) is 24.9. The second-order valence-corrected chi connectivity index (χ2v) is 15.0. The lowest BCUT2D eigenvalue weighted by atomic mass is 9.89. The van der Waals surface area contributed by atoms with Crippen molar-refractivity contribution in [3.8, 4) is 23.0 Å². The van der Waals surface area contributed by atoms with Crippen molar-refractivity contribution in [1.29, 1.82) is 0 Å². The van der Waals surface area contributed by atoms with Crippen LogP contribution in [0.3, 0.4) is 0 Å². The maximum atomic E-state index is 14.7. The van der Waals surface area contributed by atoms with Crippen LogP contribution in [0.4, 0.5) is 31.1 Å². The molecule has 0 aliphatic carbocycles. The molecule has 1 aromatic heterocycles. The Labute approximate surface area is 353 Å².